The predicted molar refractivity (Wildman–Crippen MR) is 66.9 cm³/mol. The van der Waals surface area contributed by atoms with Crippen LogP contribution < -0.4 is 40.0 Å². The first kappa shape index (κ1) is 18.4. The van der Waals surface area contributed by atoms with Crippen molar-refractivity contribution >= 4 is 17.8 Å². The molecule has 2 atom stereocenters. The van der Waals surface area contributed by atoms with Crippen LogP contribution in [-0.4, -0.2) is 17.8 Å². The minimum atomic E-state index is -1.23. The van der Waals surface area contributed by atoms with E-state index in [4.69, 9.17) is 0 Å². The van der Waals surface area contributed by atoms with Crippen molar-refractivity contribution in [3.05, 3.63) is 12.2 Å². The molecule has 2 unspecified atom stereocenters. The van der Waals surface area contributed by atoms with E-state index >= 15 is 0 Å². The summed E-state index contributed by atoms with van der Waals surface area (Å²) >= 11 is 0. The van der Waals surface area contributed by atoms with Crippen molar-refractivity contribution in [2.45, 2.75) is 40.0 Å². The molecule has 100 valence electrons. The van der Waals surface area contributed by atoms with Crippen molar-refractivity contribution in [1.29, 1.82) is 0 Å². The maximum Gasteiger partial charge on any atom is 1.00 e. The third-order valence-electron chi connectivity index (χ3n) is 3.51. The Bertz CT molecular complexity index is 407. The molecule has 1 aliphatic rings. The van der Waals surface area contributed by atoms with Crippen LogP contribution in [0.4, 0.5) is 4.79 Å². The number of aliphatic imine (C=N–C) groups is 1. The second-order valence-corrected chi connectivity index (χ2v) is 4.54. The molecule has 0 saturated heterocycles. The van der Waals surface area contributed by atoms with E-state index in [2.05, 4.69) is 10.3 Å². The van der Waals surface area contributed by atoms with Gasteiger partial charge >= 0.3 is 35.6 Å². The Morgan fingerprint density at radius 2 is 2.00 bits per heavy atom. The first-order valence-electron chi connectivity index (χ1n) is 6.25. The van der Waals surface area contributed by atoms with Gasteiger partial charge in [0.2, 0.25) is 5.91 Å². The summed E-state index contributed by atoms with van der Waals surface area (Å²) in [4.78, 5) is 26.6. The van der Waals surface area contributed by atoms with Gasteiger partial charge in [0.15, 0.2) is 0 Å². The Morgan fingerprint density at radius 1 is 1.37 bits per heavy atom. The number of amides is 3. The molecule has 1 N–H and O–H groups in total. The van der Waals surface area contributed by atoms with Gasteiger partial charge in [-0.2, -0.15) is 0 Å². The quantitative estimate of drug-likeness (QED) is 0.483. The second-order valence-electron chi connectivity index (χ2n) is 4.54. The molecule has 3 amide bonds. The fraction of sp³-hybridized carbons (Fsp3) is 0.615. The Morgan fingerprint density at radius 3 is 2.47 bits per heavy atom. The zero-order valence-corrected chi connectivity index (χ0v) is 14.0. The molecule has 6 heteroatoms. The summed E-state index contributed by atoms with van der Waals surface area (Å²) in [6, 6.07) is -0.858. The number of hydrogen-bond donors (Lipinski definition) is 1. The zero-order valence-electron chi connectivity index (χ0n) is 12.0. The van der Waals surface area contributed by atoms with Gasteiger partial charge in [-0.3, -0.25) is 10.1 Å². The molecule has 0 radical (unpaired) electrons. The number of rotatable bonds is 5. The van der Waals surface area contributed by atoms with Crippen LogP contribution in [0.3, 0.4) is 0 Å². The topological polar surface area (TPSA) is 81.6 Å². The maximum atomic E-state index is 12.1. The predicted octanol–water partition coefficient (Wildman–Crippen LogP) is -1.61. The van der Waals surface area contributed by atoms with Crippen molar-refractivity contribution in [3.63, 3.8) is 0 Å². The molecule has 0 aromatic heterocycles. The molecule has 0 bridgehead atoms. The minimum Gasteiger partial charge on any atom is -0.861 e. The maximum absolute atomic E-state index is 12.1. The largest absolute Gasteiger partial charge is 1.00 e. The molecule has 0 aliphatic carbocycles. The van der Waals surface area contributed by atoms with Gasteiger partial charge < -0.3 is 5.11 Å². The van der Waals surface area contributed by atoms with Crippen LogP contribution in [0.25, 0.3) is 0 Å². The Balaban J connectivity index is 0.00000324. The standard InChI is InChI=1S/C13H20N2O3.Na/c1-4-6-7-8-13(9(3)5-2)10(16)14-12(18)15-11(13)17;/h6-7,9H,4-5,8H2,1-3H3,(H2,14,15,16,17,18);/q;+1/p-1/b7-6+;. The van der Waals surface area contributed by atoms with Gasteiger partial charge in [-0.25, -0.2) is 9.79 Å². The first-order valence-corrected chi connectivity index (χ1v) is 6.25. The Kier molecular flexibility index (Phi) is 7.55. The Hall–Kier alpha value is -0.650. The van der Waals surface area contributed by atoms with Crippen molar-refractivity contribution in [3.8, 4) is 0 Å². The number of allylic oxidation sites excluding steroid dienone is 2. The molecule has 1 aliphatic heterocycles. The normalized spacial score (nSPS) is 24.7. The number of imide groups is 1. The average Bonchev–Trinajstić information content (AvgIpc) is 2.32. The summed E-state index contributed by atoms with van der Waals surface area (Å²) in [5.41, 5.74) is -1.23. The van der Waals surface area contributed by atoms with Crippen molar-refractivity contribution < 1.29 is 44.3 Å². The number of nitrogens with one attached hydrogen (secondary N) is 1. The molecular formula is C13H19N2NaO3. The van der Waals surface area contributed by atoms with Crippen LogP contribution in [0.1, 0.15) is 40.0 Å². The number of carbonyl (C=O) groups is 2. The second kappa shape index (κ2) is 7.82. The van der Waals surface area contributed by atoms with Crippen LogP contribution in [0.2, 0.25) is 0 Å². The number of urea groups is 1. The van der Waals surface area contributed by atoms with Gasteiger partial charge in [-0.1, -0.05) is 39.3 Å². The molecule has 0 aromatic carbocycles. The average molecular weight is 274 g/mol. The summed E-state index contributed by atoms with van der Waals surface area (Å²) in [5.74, 6) is -1.31. The molecule has 1 rings (SSSR count). The van der Waals surface area contributed by atoms with Crippen LogP contribution in [0, 0.1) is 11.3 Å². The fourth-order valence-electron chi connectivity index (χ4n) is 2.13. The molecule has 1 heterocycles. The van der Waals surface area contributed by atoms with Crippen molar-refractivity contribution in [1.82, 2.24) is 5.32 Å². The first-order chi connectivity index (χ1) is 8.48. The van der Waals surface area contributed by atoms with Gasteiger partial charge in [0.25, 0.3) is 0 Å². The smallest absolute Gasteiger partial charge is 0.861 e. The summed E-state index contributed by atoms with van der Waals surface area (Å²) < 4.78 is 0. The van der Waals surface area contributed by atoms with E-state index in [1.807, 2.05) is 32.9 Å². The van der Waals surface area contributed by atoms with Crippen molar-refractivity contribution in [2.75, 3.05) is 0 Å². The number of hydrogen-bond acceptors (Lipinski definition) is 3. The molecule has 0 aromatic rings. The third kappa shape index (κ3) is 3.68. The van der Waals surface area contributed by atoms with E-state index in [9.17, 15) is 14.7 Å². The van der Waals surface area contributed by atoms with Gasteiger partial charge in [-0.05, 0) is 24.7 Å². The molecule has 0 saturated carbocycles. The summed E-state index contributed by atoms with van der Waals surface area (Å²) in [6.45, 7) is 5.72. The van der Waals surface area contributed by atoms with Gasteiger partial charge in [0.1, 0.15) is 0 Å². The van der Waals surface area contributed by atoms with E-state index in [1.165, 1.54) is 0 Å². The summed E-state index contributed by atoms with van der Waals surface area (Å²) in [6.07, 6.45) is 5.51. The number of nitrogens with zero attached hydrogens (tertiary/aromatic N) is 1. The molecule has 0 fully saturated rings. The van der Waals surface area contributed by atoms with Gasteiger partial charge in [0.05, 0.1) is 5.41 Å². The van der Waals surface area contributed by atoms with E-state index in [-0.39, 0.29) is 41.9 Å². The number of carbonyl (C=O) groups excluding carboxylic acids is 2. The molecule has 19 heavy (non-hydrogen) atoms. The summed E-state index contributed by atoms with van der Waals surface area (Å²) in [5, 5.41) is 14.2. The van der Waals surface area contributed by atoms with Crippen molar-refractivity contribution in [2.24, 2.45) is 16.3 Å². The van der Waals surface area contributed by atoms with Gasteiger partial charge in [0, 0.05) is 0 Å². The van der Waals surface area contributed by atoms with Crippen LogP contribution in [0.5, 0.6) is 0 Å². The third-order valence-corrected chi connectivity index (χ3v) is 3.51. The zero-order chi connectivity index (χ0) is 13.8. The van der Waals surface area contributed by atoms with E-state index in [1.54, 1.807) is 0 Å². The molecule has 5 nitrogen and oxygen atoms in total. The SMILES string of the molecule is CC/C=C/CC1(C(C)CC)C(=O)NC(=O)N=C1[O-].[Na+]. The van der Waals surface area contributed by atoms with E-state index in [0.717, 1.165) is 6.42 Å². The molecular weight excluding hydrogens is 255 g/mol. The van der Waals surface area contributed by atoms with E-state index in [0.29, 0.717) is 6.42 Å². The Labute approximate surface area is 135 Å². The van der Waals surface area contributed by atoms with Gasteiger partial charge in [-0.15, -0.1) is 0 Å². The monoisotopic (exact) mass is 274 g/mol. The molecule has 0 spiro atoms. The van der Waals surface area contributed by atoms with Crippen LogP contribution in [0.15, 0.2) is 17.1 Å². The van der Waals surface area contributed by atoms with Crippen LogP contribution >= 0.6 is 0 Å². The van der Waals surface area contributed by atoms with E-state index < -0.39 is 23.3 Å². The fourth-order valence-corrected chi connectivity index (χ4v) is 2.13. The van der Waals surface area contributed by atoms with Crippen LogP contribution in [-0.2, 0) is 4.79 Å². The minimum absolute atomic E-state index is 0. The summed E-state index contributed by atoms with van der Waals surface area (Å²) in [7, 11) is 0.